The minimum Gasteiger partial charge on any atom is -0.369 e. The van der Waals surface area contributed by atoms with Gasteiger partial charge < -0.3 is 24.5 Å². The minimum atomic E-state index is -0.551. The molecule has 0 aliphatic carbocycles. The Kier molecular flexibility index (Phi) is 10.4. The van der Waals surface area contributed by atoms with Crippen molar-refractivity contribution >= 4 is 23.1 Å². The Labute approximate surface area is 297 Å². The van der Waals surface area contributed by atoms with Crippen molar-refractivity contribution < 1.29 is 13.6 Å². The number of amides is 1. The monoisotopic (exact) mass is 697 g/mol. The van der Waals surface area contributed by atoms with Gasteiger partial charge in [0, 0.05) is 102 Å². The zero-order chi connectivity index (χ0) is 35.5. The van der Waals surface area contributed by atoms with Crippen LogP contribution in [0.4, 0.5) is 20.3 Å². The number of benzene rings is 1. The molecule has 3 aliphatic heterocycles. The Hall–Kier alpha value is -4.71. The number of imidazole rings is 1. The van der Waals surface area contributed by atoms with Crippen LogP contribution in [-0.2, 0) is 4.79 Å². The fraction of sp³-hybridized carbons (Fsp3) is 0.486. The van der Waals surface area contributed by atoms with Crippen LogP contribution in [0.25, 0.3) is 28.4 Å². The fourth-order valence-corrected chi connectivity index (χ4v) is 7.34. The number of likely N-dealkylation sites (N-methyl/N-ethyl adjacent to an activating group) is 2. The van der Waals surface area contributed by atoms with E-state index in [9.17, 15) is 14.4 Å². The number of nitriles is 1. The van der Waals surface area contributed by atoms with E-state index in [4.69, 9.17) is 9.97 Å². The van der Waals surface area contributed by atoms with Gasteiger partial charge in [0.1, 0.15) is 29.3 Å². The summed E-state index contributed by atoms with van der Waals surface area (Å²) >= 11 is 0. The SMILES string of the molecule is CN1CCN(CCN(c2nc(-c3cnc4ccc(F)cn34)nc(-c3ccc(N4CCN(C)CC4)cc3)c2F)[C@@H]2CCCN(C(=O)CC#N)C2)CC1. The zero-order valence-electron chi connectivity index (χ0n) is 29.4. The fourth-order valence-electron chi connectivity index (χ4n) is 7.34. The van der Waals surface area contributed by atoms with Crippen molar-refractivity contribution in [1.82, 2.24) is 39.0 Å². The maximum Gasteiger partial charge on any atom is 0.236 e. The van der Waals surface area contributed by atoms with Crippen molar-refractivity contribution in [2.45, 2.75) is 25.3 Å². The summed E-state index contributed by atoms with van der Waals surface area (Å²) in [6, 6.07) is 12.5. The number of hydrogen-bond acceptors (Lipinski definition) is 10. The molecule has 4 aromatic rings. The van der Waals surface area contributed by atoms with E-state index in [0.717, 1.165) is 70.9 Å². The zero-order valence-corrected chi connectivity index (χ0v) is 29.4. The molecule has 0 bridgehead atoms. The van der Waals surface area contributed by atoms with Crippen LogP contribution < -0.4 is 9.80 Å². The van der Waals surface area contributed by atoms with Gasteiger partial charge in [-0.2, -0.15) is 5.26 Å². The van der Waals surface area contributed by atoms with Crippen LogP contribution in [0.15, 0.2) is 48.8 Å². The van der Waals surface area contributed by atoms with Gasteiger partial charge in [0.05, 0.1) is 12.3 Å². The molecule has 1 atom stereocenters. The van der Waals surface area contributed by atoms with Crippen LogP contribution in [0.3, 0.4) is 0 Å². The molecule has 0 spiro atoms. The third-order valence-electron chi connectivity index (χ3n) is 10.5. The molecule has 3 fully saturated rings. The van der Waals surface area contributed by atoms with Crippen molar-refractivity contribution in [1.29, 1.82) is 5.26 Å². The third kappa shape index (κ3) is 7.66. The lowest BCUT2D eigenvalue weighted by molar-refractivity contribution is -0.131. The number of carbonyl (C=O) groups excluding carboxylic acids is 1. The number of anilines is 2. The number of likely N-dealkylation sites (tertiary alicyclic amines) is 1. The van der Waals surface area contributed by atoms with Gasteiger partial charge in [-0.05, 0) is 51.2 Å². The molecule has 6 heterocycles. The van der Waals surface area contributed by atoms with Gasteiger partial charge in [0.25, 0.3) is 0 Å². The standard InChI is InChI=1S/C37H45F2N11O/c1-44-14-18-46(19-15-44)20-23-49(30-4-3-13-48(26-30)33(51)11-12-40)37-34(39)35(27-5-8-29(9-6-27)47-21-16-45(2)17-22-47)42-36(43-37)31-24-41-32-10-7-28(38)25-50(31)32/h5-10,24-25,30H,3-4,11,13-23,26H2,1-2H3/t30-/m1/s1. The number of halogens is 2. The number of hydrogen-bond donors (Lipinski definition) is 0. The lowest BCUT2D eigenvalue weighted by atomic mass is 10.0. The predicted molar refractivity (Wildman–Crippen MR) is 192 cm³/mol. The second-order valence-corrected chi connectivity index (χ2v) is 13.9. The molecule has 0 radical (unpaired) electrons. The van der Waals surface area contributed by atoms with Crippen molar-refractivity contribution in [3.63, 3.8) is 0 Å². The molecule has 3 aromatic heterocycles. The Balaban J connectivity index is 1.31. The number of piperidine rings is 1. The summed E-state index contributed by atoms with van der Waals surface area (Å²) in [5.74, 6) is -0.857. The summed E-state index contributed by atoms with van der Waals surface area (Å²) in [6.45, 7) is 9.54. The van der Waals surface area contributed by atoms with Crippen LogP contribution in [0.2, 0.25) is 0 Å². The van der Waals surface area contributed by atoms with Crippen LogP contribution in [0.1, 0.15) is 19.3 Å². The van der Waals surface area contributed by atoms with E-state index in [2.05, 4.69) is 38.7 Å². The third-order valence-corrected chi connectivity index (χ3v) is 10.5. The topological polar surface area (TPSA) is 103 Å². The Morgan fingerprint density at radius 1 is 0.941 bits per heavy atom. The highest BCUT2D eigenvalue weighted by Gasteiger charge is 2.33. The molecule has 7 rings (SSSR count). The van der Waals surface area contributed by atoms with Gasteiger partial charge in [-0.1, -0.05) is 12.1 Å². The van der Waals surface area contributed by atoms with Crippen molar-refractivity contribution in [3.05, 3.63) is 60.4 Å². The van der Waals surface area contributed by atoms with Crippen LogP contribution >= 0.6 is 0 Å². The number of rotatable bonds is 9. The minimum absolute atomic E-state index is 0.137. The Bertz CT molecular complexity index is 1880. The maximum atomic E-state index is 17.2. The van der Waals surface area contributed by atoms with Crippen LogP contribution in [-0.4, -0.2) is 144 Å². The molecule has 51 heavy (non-hydrogen) atoms. The van der Waals surface area contributed by atoms with E-state index >= 15 is 4.39 Å². The highest BCUT2D eigenvalue weighted by molar-refractivity contribution is 5.78. The van der Waals surface area contributed by atoms with E-state index in [1.165, 1.54) is 12.3 Å². The summed E-state index contributed by atoms with van der Waals surface area (Å²) in [5, 5.41) is 9.24. The molecule has 12 nitrogen and oxygen atoms in total. The Morgan fingerprint density at radius 3 is 2.39 bits per heavy atom. The molecule has 14 heteroatoms. The number of nitrogens with zero attached hydrogens (tertiary/aromatic N) is 11. The molecule has 268 valence electrons. The molecule has 0 unspecified atom stereocenters. The summed E-state index contributed by atoms with van der Waals surface area (Å²) in [7, 11) is 4.23. The number of piperazine rings is 2. The summed E-state index contributed by atoms with van der Waals surface area (Å²) in [5.41, 5.74) is 2.77. The van der Waals surface area contributed by atoms with Crippen LogP contribution in [0, 0.1) is 23.0 Å². The van der Waals surface area contributed by atoms with Crippen molar-refractivity contribution in [2.75, 3.05) is 102 Å². The first-order chi connectivity index (χ1) is 24.8. The smallest absolute Gasteiger partial charge is 0.236 e. The average Bonchev–Trinajstić information content (AvgIpc) is 3.57. The first-order valence-electron chi connectivity index (χ1n) is 17.8. The van der Waals surface area contributed by atoms with Gasteiger partial charge >= 0.3 is 0 Å². The number of aromatic nitrogens is 4. The first-order valence-corrected chi connectivity index (χ1v) is 17.8. The lowest BCUT2D eigenvalue weighted by Crippen LogP contribution is -2.53. The summed E-state index contributed by atoms with van der Waals surface area (Å²) in [6.07, 6.45) is 4.18. The van der Waals surface area contributed by atoms with Gasteiger partial charge in [-0.3, -0.25) is 14.1 Å². The van der Waals surface area contributed by atoms with E-state index in [1.54, 1.807) is 21.6 Å². The molecule has 1 aromatic carbocycles. The van der Waals surface area contributed by atoms with Gasteiger partial charge in [0.2, 0.25) is 5.91 Å². The quantitative estimate of drug-likeness (QED) is 0.259. The van der Waals surface area contributed by atoms with Gasteiger partial charge in [0.15, 0.2) is 17.5 Å². The largest absolute Gasteiger partial charge is 0.369 e. The highest BCUT2D eigenvalue weighted by atomic mass is 19.1. The van der Waals surface area contributed by atoms with Crippen LogP contribution in [0.5, 0.6) is 0 Å². The second-order valence-electron chi connectivity index (χ2n) is 13.9. The van der Waals surface area contributed by atoms with Crippen molar-refractivity contribution in [3.8, 4) is 28.8 Å². The summed E-state index contributed by atoms with van der Waals surface area (Å²) < 4.78 is 33.3. The maximum absolute atomic E-state index is 17.2. The molecule has 3 saturated heterocycles. The lowest BCUT2D eigenvalue weighted by Gasteiger charge is -2.41. The second kappa shape index (κ2) is 15.3. The van der Waals surface area contributed by atoms with Gasteiger partial charge in [-0.15, -0.1) is 0 Å². The van der Waals surface area contributed by atoms with E-state index in [1.807, 2.05) is 35.2 Å². The summed E-state index contributed by atoms with van der Waals surface area (Å²) in [4.78, 5) is 40.1. The van der Waals surface area contributed by atoms with E-state index in [-0.39, 0.29) is 35.7 Å². The van der Waals surface area contributed by atoms with E-state index in [0.29, 0.717) is 43.1 Å². The molecule has 0 saturated carbocycles. The normalized spacial score (nSPS) is 19.4. The first kappa shape index (κ1) is 34.7. The highest BCUT2D eigenvalue weighted by Crippen LogP contribution is 2.34. The molecule has 3 aliphatic rings. The predicted octanol–water partition coefficient (Wildman–Crippen LogP) is 3.45. The molecular weight excluding hydrogens is 652 g/mol. The molecule has 1 amide bonds. The average molecular weight is 698 g/mol. The number of carbonyl (C=O) groups is 1. The molecular formula is C37H45F2N11O. The van der Waals surface area contributed by atoms with Gasteiger partial charge in [-0.25, -0.2) is 23.7 Å². The number of fused-ring (bicyclic) bond motifs is 1. The Morgan fingerprint density at radius 2 is 1.67 bits per heavy atom. The number of pyridine rings is 1. The van der Waals surface area contributed by atoms with E-state index < -0.39 is 11.6 Å². The van der Waals surface area contributed by atoms with Crippen molar-refractivity contribution in [2.24, 2.45) is 0 Å². The molecule has 0 N–H and O–H groups in total.